The summed E-state index contributed by atoms with van der Waals surface area (Å²) in [4.78, 5) is 9.82. The second-order valence-corrected chi connectivity index (χ2v) is 6.28. The van der Waals surface area contributed by atoms with E-state index in [9.17, 15) is 0 Å². The molecule has 1 saturated carbocycles. The van der Waals surface area contributed by atoms with E-state index in [0.717, 1.165) is 30.9 Å². The number of aryl methyl sites for hydroxylation is 1. The molecule has 2 aliphatic rings. The van der Waals surface area contributed by atoms with Crippen LogP contribution in [-0.2, 0) is 13.0 Å². The van der Waals surface area contributed by atoms with Gasteiger partial charge in [-0.2, -0.15) is 0 Å². The van der Waals surface area contributed by atoms with Crippen molar-refractivity contribution in [2.75, 3.05) is 6.54 Å². The van der Waals surface area contributed by atoms with Gasteiger partial charge in [-0.15, -0.1) is 0 Å². The highest BCUT2D eigenvalue weighted by molar-refractivity contribution is 5.56. The Morgan fingerprint density at radius 2 is 1.90 bits per heavy atom. The van der Waals surface area contributed by atoms with E-state index in [1.165, 1.54) is 41.8 Å². The second kappa shape index (κ2) is 5.23. The Balaban J connectivity index is 1.82. The minimum Gasteiger partial charge on any atom is -0.312 e. The van der Waals surface area contributed by atoms with Crippen LogP contribution in [-0.4, -0.2) is 16.5 Å². The molecule has 1 aromatic carbocycles. The van der Waals surface area contributed by atoms with E-state index in [1.807, 2.05) is 0 Å². The molecular formula is C18H21N3. The zero-order chi connectivity index (χ0) is 14.2. The topological polar surface area (TPSA) is 37.8 Å². The number of nitrogens with zero attached hydrogens (tertiary/aromatic N) is 2. The van der Waals surface area contributed by atoms with Crippen LogP contribution in [0.4, 0.5) is 0 Å². The molecule has 0 unspecified atom stereocenters. The van der Waals surface area contributed by atoms with Crippen LogP contribution in [0.5, 0.6) is 0 Å². The molecule has 1 aromatic heterocycles. The van der Waals surface area contributed by atoms with E-state index < -0.39 is 0 Å². The molecule has 2 aromatic rings. The van der Waals surface area contributed by atoms with Crippen LogP contribution >= 0.6 is 0 Å². The van der Waals surface area contributed by atoms with Gasteiger partial charge in [0.05, 0.1) is 11.4 Å². The van der Waals surface area contributed by atoms with Crippen LogP contribution in [0.15, 0.2) is 24.3 Å². The Morgan fingerprint density at radius 1 is 1.10 bits per heavy atom. The highest BCUT2D eigenvalue weighted by Crippen LogP contribution is 2.38. The smallest absolute Gasteiger partial charge is 0.159 e. The van der Waals surface area contributed by atoms with Gasteiger partial charge in [-0.25, -0.2) is 9.97 Å². The van der Waals surface area contributed by atoms with Crippen LogP contribution in [0, 0.1) is 6.92 Å². The van der Waals surface area contributed by atoms with E-state index in [-0.39, 0.29) is 0 Å². The molecule has 108 valence electrons. The molecule has 3 heteroatoms. The zero-order valence-electron chi connectivity index (χ0n) is 12.5. The molecule has 0 spiro atoms. The molecule has 1 fully saturated rings. The van der Waals surface area contributed by atoms with Crippen LogP contribution in [0.2, 0.25) is 0 Å². The fraction of sp³-hybridized carbons (Fsp3) is 0.444. The second-order valence-electron chi connectivity index (χ2n) is 6.28. The number of benzene rings is 1. The van der Waals surface area contributed by atoms with Gasteiger partial charge in [0.25, 0.3) is 0 Å². The van der Waals surface area contributed by atoms with E-state index in [0.29, 0.717) is 5.92 Å². The van der Waals surface area contributed by atoms with Gasteiger partial charge in [0.2, 0.25) is 0 Å². The Labute approximate surface area is 125 Å². The summed E-state index contributed by atoms with van der Waals surface area (Å²) in [5, 5.41) is 3.47. The number of nitrogens with one attached hydrogen (secondary N) is 1. The molecule has 21 heavy (non-hydrogen) atoms. The zero-order valence-corrected chi connectivity index (χ0v) is 12.5. The summed E-state index contributed by atoms with van der Waals surface area (Å²) in [6.07, 6.45) is 4.95. The lowest BCUT2D eigenvalue weighted by Crippen LogP contribution is -2.28. The third-order valence-electron chi connectivity index (χ3n) is 4.77. The maximum Gasteiger partial charge on any atom is 0.159 e. The summed E-state index contributed by atoms with van der Waals surface area (Å²) in [5.74, 6) is 1.57. The summed E-state index contributed by atoms with van der Waals surface area (Å²) < 4.78 is 0. The number of hydrogen-bond donors (Lipinski definition) is 1. The predicted octanol–water partition coefficient (Wildman–Crippen LogP) is 3.37. The van der Waals surface area contributed by atoms with Gasteiger partial charge in [0, 0.05) is 36.6 Å². The lowest BCUT2D eigenvalue weighted by molar-refractivity contribution is 0.404. The van der Waals surface area contributed by atoms with Gasteiger partial charge < -0.3 is 5.32 Å². The van der Waals surface area contributed by atoms with Crippen molar-refractivity contribution in [1.29, 1.82) is 0 Å². The van der Waals surface area contributed by atoms with E-state index in [2.05, 4.69) is 36.5 Å². The van der Waals surface area contributed by atoms with Crippen molar-refractivity contribution in [3.63, 3.8) is 0 Å². The number of aromatic nitrogens is 2. The molecular weight excluding hydrogens is 258 g/mol. The lowest BCUT2D eigenvalue weighted by Gasteiger charge is -2.29. The highest BCUT2D eigenvalue weighted by atomic mass is 15.0. The fourth-order valence-electron chi connectivity index (χ4n) is 3.22. The number of rotatable bonds is 2. The summed E-state index contributed by atoms with van der Waals surface area (Å²) in [6.45, 7) is 4.08. The van der Waals surface area contributed by atoms with Crippen molar-refractivity contribution >= 4 is 0 Å². The van der Waals surface area contributed by atoms with E-state index >= 15 is 0 Å². The van der Waals surface area contributed by atoms with Gasteiger partial charge in [-0.05, 0) is 19.8 Å². The van der Waals surface area contributed by atoms with Crippen LogP contribution < -0.4 is 5.32 Å². The quantitative estimate of drug-likeness (QED) is 0.916. The predicted molar refractivity (Wildman–Crippen MR) is 84.2 cm³/mol. The first-order valence-corrected chi connectivity index (χ1v) is 7.99. The third-order valence-corrected chi connectivity index (χ3v) is 4.77. The monoisotopic (exact) mass is 279 g/mol. The summed E-state index contributed by atoms with van der Waals surface area (Å²) in [6, 6.07) is 8.57. The van der Waals surface area contributed by atoms with Gasteiger partial charge in [0.15, 0.2) is 5.82 Å². The standard InChI is InChI=1S/C18H21N3/c1-12-5-7-14(8-6-12)18-20-16-9-10-19-11-15(16)17(21-18)13-3-2-4-13/h5-8,13,19H,2-4,9-11H2,1H3. The Morgan fingerprint density at radius 3 is 2.62 bits per heavy atom. The van der Waals surface area contributed by atoms with Crippen molar-refractivity contribution in [3.8, 4) is 11.4 Å². The van der Waals surface area contributed by atoms with Crippen molar-refractivity contribution in [1.82, 2.24) is 15.3 Å². The Kier molecular flexibility index (Phi) is 3.23. The SMILES string of the molecule is Cc1ccc(-c2nc3c(c(C4CCC4)n2)CNCC3)cc1. The number of fused-ring (bicyclic) bond motifs is 1. The average Bonchev–Trinajstić information content (AvgIpc) is 2.46. The van der Waals surface area contributed by atoms with Gasteiger partial charge in [0.1, 0.15) is 0 Å². The van der Waals surface area contributed by atoms with Crippen molar-refractivity contribution in [2.45, 2.75) is 45.1 Å². The highest BCUT2D eigenvalue weighted by Gasteiger charge is 2.27. The molecule has 2 heterocycles. The van der Waals surface area contributed by atoms with Crippen LogP contribution in [0.3, 0.4) is 0 Å². The van der Waals surface area contributed by atoms with Crippen LogP contribution in [0.25, 0.3) is 11.4 Å². The minimum atomic E-state index is 0.658. The molecule has 0 amide bonds. The molecule has 0 bridgehead atoms. The first-order chi connectivity index (χ1) is 10.3. The Bertz CT molecular complexity index is 657. The van der Waals surface area contributed by atoms with Crippen LogP contribution in [0.1, 0.15) is 47.7 Å². The first-order valence-electron chi connectivity index (χ1n) is 7.99. The first kappa shape index (κ1) is 13.0. The van der Waals surface area contributed by atoms with Gasteiger partial charge >= 0.3 is 0 Å². The normalized spacial score (nSPS) is 18.1. The van der Waals surface area contributed by atoms with E-state index in [1.54, 1.807) is 0 Å². The molecule has 4 rings (SSSR count). The van der Waals surface area contributed by atoms with E-state index in [4.69, 9.17) is 9.97 Å². The summed E-state index contributed by atoms with van der Waals surface area (Å²) in [7, 11) is 0. The molecule has 1 aliphatic heterocycles. The maximum atomic E-state index is 4.96. The fourth-order valence-corrected chi connectivity index (χ4v) is 3.22. The molecule has 0 radical (unpaired) electrons. The largest absolute Gasteiger partial charge is 0.312 e. The van der Waals surface area contributed by atoms with Crippen molar-refractivity contribution in [3.05, 3.63) is 46.8 Å². The van der Waals surface area contributed by atoms with Crippen molar-refractivity contribution < 1.29 is 0 Å². The van der Waals surface area contributed by atoms with Crippen molar-refractivity contribution in [2.24, 2.45) is 0 Å². The molecule has 3 nitrogen and oxygen atoms in total. The van der Waals surface area contributed by atoms with Gasteiger partial charge in [-0.3, -0.25) is 0 Å². The Hall–Kier alpha value is -1.74. The lowest BCUT2D eigenvalue weighted by atomic mass is 9.80. The third kappa shape index (κ3) is 2.36. The molecule has 0 saturated heterocycles. The van der Waals surface area contributed by atoms with Gasteiger partial charge in [-0.1, -0.05) is 36.2 Å². The molecule has 0 atom stereocenters. The maximum absolute atomic E-state index is 4.96. The summed E-state index contributed by atoms with van der Waals surface area (Å²) >= 11 is 0. The summed E-state index contributed by atoms with van der Waals surface area (Å²) in [5.41, 5.74) is 6.37. The molecule has 1 aliphatic carbocycles. The average molecular weight is 279 g/mol. The number of hydrogen-bond acceptors (Lipinski definition) is 3. The molecule has 1 N–H and O–H groups in total. The minimum absolute atomic E-state index is 0.658.